The molecule has 6 nitrogen and oxygen atoms in total. The van der Waals surface area contributed by atoms with Crippen LogP contribution in [0.3, 0.4) is 0 Å². The van der Waals surface area contributed by atoms with E-state index < -0.39 is 10.0 Å². The lowest BCUT2D eigenvalue weighted by Crippen LogP contribution is -2.30. The van der Waals surface area contributed by atoms with E-state index in [-0.39, 0.29) is 10.8 Å². The summed E-state index contributed by atoms with van der Waals surface area (Å²) in [5, 5.41) is 2.87. The molecule has 29 heavy (non-hydrogen) atoms. The van der Waals surface area contributed by atoms with Crippen molar-refractivity contribution < 1.29 is 13.2 Å². The summed E-state index contributed by atoms with van der Waals surface area (Å²) in [5.41, 5.74) is 2.39. The van der Waals surface area contributed by atoms with Crippen LogP contribution in [0, 0.1) is 0 Å². The maximum atomic E-state index is 12.5. The molecule has 0 aliphatic rings. The number of amides is 1. The first-order valence-electron chi connectivity index (χ1n) is 9.56. The Hall–Kier alpha value is -2.90. The Bertz CT molecular complexity index is 1040. The van der Waals surface area contributed by atoms with Crippen molar-refractivity contribution in [2.45, 2.75) is 25.3 Å². The van der Waals surface area contributed by atoms with Crippen LogP contribution in [0.5, 0.6) is 0 Å². The summed E-state index contributed by atoms with van der Waals surface area (Å²) in [7, 11) is -3.47. The lowest BCUT2D eigenvalue weighted by Gasteiger charge is -2.18. The molecule has 0 bridgehead atoms. The number of nitrogens with zero attached hydrogens (tertiary/aromatic N) is 2. The SMILES string of the molecule is CCN(CC)S(=O)(=O)c1ccc(CNC(=O)c2ccc(-n3cccc3)cc2)cc1. The zero-order valence-corrected chi connectivity index (χ0v) is 17.4. The van der Waals surface area contributed by atoms with E-state index in [4.69, 9.17) is 0 Å². The highest BCUT2D eigenvalue weighted by Crippen LogP contribution is 2.16. The van der Waals surface area contributed by atoms with Gasteiger partial charge < -0.3 is 9.88 Å². The van der Waals surface area contributed by atoms with Crippen LogP contribution >= 0.6 is 0 Å². The molecule has 1 N–H and O–H groups in total. The van der Waals surface area contributed by atoms with Gasteiger partial charge in [0.25, 0.3) is 5.91 Å². The van der Waals surface area contributed by atoms with Crippen LogP contribution in [0.1, 0.15) is 29.8 Å². The fourth-order valence-corrected chi connectivity index (χ4v) is 4.53. The molecule has 1 heterocycles. The van der Waals surface area contributed by atoms with Crippen LogP contribution in [-0.4, -0.2) is 36.3 Å². The standard InChI is InChI=1S/C22H25N3O3S/c1-3-25(4-2)29(27,28)21-13-7-18(8-14-21)17-23-22(26)19-9-11-20(12-10-19)24-15-5-6-16-24/h5-16H,3-4,17H2,1-2H3,(H,23,26). The first kappa shape index (κ1) is 20.8. The van der Waals surface area contributed by atoms with Crippen molar-refractivity contribution >= 4 is 15.9 Å². The van der Waals surface area contributed by atoms with Crippen molar-refractivity contribution in [3.05, 3.63) is 84.2 Å². The monoisotopic (exact) mass is 411 g/mol. The first-order chi connectivity index (χ1) is 14.0. The zero-order valence-electron chi connectivity index (χ0n) is 16.6. The fraction of sp³-hybridized carbons (Fsp3) is 0.227. The lowest BCUT2D eigenvalue weighted by atomic mass is 10.1. The Kier molecular flexibility index (Phi) is 6.51. The average molecular weight is 412 g/mol. The van der Waals surface area contributed by atoms with E-state index in [1.807, 2.05) is 55.1 Å². The van der Waals surface area contributed by atoms with E-state index in [2.05, 4.69) is 5.32 Å². The number of hydrogen-bond acceptors (Lipinski definition) is 3. The van der Waals surface area contributed by atoms with Gasteiger partial charge in [0.05, 0.1) is 4.90 Å². The van der Waals surface area contributed by atoms with Gasteiger partial charge >= 0.3 is 0 Å². The number of benzene rings is 2. The molecular weight excluding hydrogens is 386 g/mol. The van der Waals surface area contributed by atoms with Crippen LogP contribution in [0.4, 0.5) is 0 Å². The molecule has 7 heteroatoms. The number of sulfonamides is 1. The highest BCUT2D eigenvalue weighted by Gasteiger charge is 2.21. The molecule has 0 spiro atoms. The Balaban J connectivity index is 1.62. The Labute approximate surface area is 171 Å². The van der Waals surface area contributed by atoms with Crippen LogP contribution in [-0.2, 0) is 16.6 Å². The molecule has 1 aromatic heterocycles. The summed E-state index contributed by atoms with van der Waals surface area (Å²) in [5.74, 6) is -0.177. The van der Waals surface area contributed by atoms with Crippen LogP contribution < -0.4 is 5.32 Å². The molecular formula is C22H25N3O3S. The van der Waals surface area contributed by atoms with E-state index >= 15 is 0 Å². The molecule has 0 aliphatic carbocycles. The minimum absolute atomic E-state index is 0.177. The molecule has 0 saturated carbocycles. The molecule has 2 aromatic carbocycles. The third kappa shape index (κ3) is 4.75. The maximum Gasteiger partial charge on any atom is 0.251 e. The molecule has 1 amide bonds. The summed E-state index contributed by atoms with van der Waals surface area (Å²) in [6, 6.07) is 17.9. The second-order valence-electron chi connectivity index (χ2n) is 6.55. The molecule has 0 fully saturated rings. The summed E-state index contributed by atoms with van der Waals surface area (Å²) < 4.78 is 28.4. The third-order valence-electron chi connectivity index (χ3n) is 4.75. The second kappa shape index (κ2) is 9.07. The van der Waals surface area contributed by atoms with Gasteiger partial charge in [-0.05, 0) is 54.1 Å². The molecule has 0 unspecified atom stereocenters. The summed E-state index contributed by atoms with van der Waals surface area (Å²) in [6.07, 6.45) is 3.89. The summed E-state index contributed by atoms with van der Waals surface area (Å²) in [6.45, 7) is 4.81. The highest BCUT2D eigenvalue weighted by molar-refractivity contribution is 7.89. The molecule has 152 valence electrons. The van der Waals surface area contributed by atoms with Crippen molar-refractivity contribution in [3.8, 4) is 5.69 Å². The van der Waals surface area contributed by atoms with Crippen LogP contribution in [0.15, 0.2) is 78.0 Å². The highest BCUT2D eigenvalue weighted by atomic mass is 32.2. The summed E-state index contributed by atoms with van der Waals surface area (Å²) >= 11 is 0. The van der Waals surface area contributed by atoms with Gasteiger partial charge in [-0.2, -0.15) is 4.31 Å². The molecule has 0 atom stereocenters. The maximum absolute atomic E-state index is 12.5. The van der Waals surface area contributed by atoms with Crippen molar-refractivity contribution in [1.82, 2.24) is 14.2 Å². The molecule has 0 aliphatic heterocycles. The quantitative estimate of drug-likeness (QED) is 0.617. The van der Waals surface area contributed by atoms with E-state index in [9.17, 15) is 13.2 Å². The predicted molar refractivity (Wildman–Crippen MR) is 113 cm³/mol. The van der Waals surface area contributed by atoms with Crippen molar-refractivity contribution in [2.24, 2.45) is 0 Å². The van der Waals surface area contributed by atoms with E-state index in [0.29, 0.717) is 25.2 Å². The van der Waals surface area contributed by atoms with E-state index in [0.717, 1.165) is 11.3 Å². The molecule has 3 rings (SSSR count). The number of nitrogens with one attached hydrogen (secondary N) is 1. The fourth-order valence-electron chi connectivity index (χ4n) is 3.07. The Morgan fingerprint density at radius 3 is 2.07 bits per heavy atom. The van der Waals surface area contributed by atoms with Gasteiger partial charge in [0.1, 0.15) is 0 Å². The van der Waals surface area contributed by atoms with Gasteiger partial charge in [-0.1, -0.05) is 26.0 Å². The van der Waals surface area contributed by atoms with Gasteiger partial charge in [0, 0.05) is 43.3 Å². The Morgan fingerprint density at radius 1 is 0.931 bits per heavy atom. The Morgan fingerprint density at radius 2 is 1.52 bits per heavy atom. The van der Waals surface area contributed by atoms with Crippen LogP contribution in [0.2, 0.25) is 0 Å². The lowest BCUT2D eigenvalue weighted by molar-refractivity contribution is 0.0951. The van der Waals surface area contributed by atoms with Crippen LogP contribution in [0.25, 0.3) is 5.69 Å². The summed E-state index contributed by atoms with van der Waals surface area (Å²) in [4.78, 5) is 12.6. The van der Waals surface area contributed by atoms with Gasteiger partial charge in [-0.15, -0.1) is 0 Å². The van der Waals surface area contributed by atoms with Crippen molar-refractivity contribution in [2.75, 3.05) is 13.1 Å². The average Bonchev–Trinajstić information content (AvgIpc) is 3.28. The van der Waals surface area contributed by atoms with E-state index in [1.54, 1.807) is 36.4 Å². The number of carbonyl (C=O) groups is 1. The normalized spacial score (nSPS) is 11.6. The number of carbonyl (C=O) groups excluding carboxylic acids is 1. The molecule has 0 saturated heterocycles. The minimum Gasteiger partial charge on any atom is -0.348 e. The predicted octanol–water partition coefficient (Wildman–Crippen LogP) is 3.44. The van der Waals surface area contributed by atoms with E-state index in [1.165, 1.54) is 4.31 Å². The zero-order chi connectivity index (χ0) is 20.9. The van der Waals surface area contributed by atoms with Gasteiger partial charge in [0.2, 0.25) is 10.0 Å². The van der Waals surface area contributed by atoms with Gasteiger partial charge in [0.15, 0.2) is 0 Å². The largest absolute Gasteiger partial charge is 0.348 e. The minimum atomic E-state index is -3.47. The topological polar surface area (TPSA) is 71.4 Å². The molecule has 0 radical (unpaired) electrons. The van der Waals surface area contributed by atoms with Gasteiger partial charge in [-0.3, -0.25) is 4.79 Å². The van der Waals surface area contributed by atoms with Crippen molar-refractivity contribution in [1.29, 1.82) is 0 Å². The second-order valence-corrected chi connectivity index (χ2v) is 8.49. The third-order valence-corrected chi connectivity index (χ3v) is 6.82. The first-order valence-corrected chi connectivity index (χ1v) is 11.0. The number of hydrogen-bond donors (Lipinski definition) is 1. The van der Waals surface area contributed by atoms with Gasteiger partial charge in [-0.25, -0.2) is 8.42 Å². The van der Waals surface area contributed by atoms with Crippen molar-refractivity contribution in [3.63, 3.8) is 0 Å². The number of aromatic nitrogens is 1. The smallest absolute Gasteiger partial charge is 0.251 e. The molecule has 3 aromatic rings. The number of rotatable bonds is 8.